The Bertz CT molecular complexity index is 924. The molecule has 1 aromatic heterocycles. The van der Waals surface area contributed by atoms with E-state index in [9.17, 15) is 14.7 Å². The van der Waals surface area contributed by atoms with E-state index in [2.05, 4.69) is 4.74 Å². The van der Waals surface area contributed by atoms with Gasteiger partial charge in [-0.15, -0.1) is 0 Å². The summed E-state index contributed by atoms with van der Waals surface area (Å²) in [5.74, 6) is -0.274. The van der Waals surface area contributed by atoms with Crippen molar-refractivity contribution in [2.24, 2.45) is 0 Å². The standard InChI is InChI=1S/C17H12O5/c1-21-17(20)10-6-7-12-14(19)9-16(22-15(12)8-10)11-4-2-3-5-13(11)18/h2-9,18H,1H3. The smallest absolute Gasteiger partial charge is 0.337 e. The van der Waals surface area contributed by atoms with Crippen molar-refractivity contribution in [2.45, 2.75) is 0 Å². The normalized spacial score (nSPS) is 10.6. The summed E-state index contributed by atoms with van der Waals surface area (Å²) in [4.78, 5) is 23.7. The van der Waals surface area contributed by atoms with E-state index < -0.39 is 5.97 Å². The van der Waals surface area contributed by atoms with Crippen molar-refractivity contribution in [3.05, 3.63) is 64.3 Å². The van der Waals surface area contributed by atoms with Crippen LogP contribution in [0.1, 0.15) is 10.4 Å². The Hall–Kier alpha value is -3.08. The first-order valence-electron chi connectivity index (χ1n) is 6.55. The molecule has 0 saturated carbocycles. The third-order valence-corrected chi connectivity index (χ3v) is 3.32. The summed E-state index contributed by atoms with van der Waals surface area (Å²) < 4.78 is 10.3. The fraction of sp³-hybridized carbons (Fsp3) is 0.0588. The lowest BCUT2D eigenvalue weighted by Gasteiger charge is -2.06. The van der Waals surface area contributed by atoms with Gasteiger partial charge in [-0.25, -0.2) is 4.79 Å². The molecule has 0 aliphatic heterocycles. The molecule has 0 unspecified atom stereocenters. The maximum atomic E-state index is 12.2. The molecule has 2 aromatic carbocycles. The SMILES string of the molecule is COC(=O)c1ccc2c(=O)cc(-c3ccccc3O)oc2c1. The van der Waals surface area contributed by atoms with Crippen LogP contribution in [0.3, 0.4) is 0 Å². The van der Waals surface area contributed by atoms with Gasteiger partial charge in [0.2, 0.25) is 0 Å². The van der Waals surface area contributed by atoms with Crippen LogP contribution >= 0.6 is 0 Å². The Kier molecular flexibility index (Phi) is 3.39. The molecular weight excluding hydrogens is 284 g/mol. The molecule has 0 aliphatic carbocycles. The zero-order valence-corrected chi connectivity index (χ0v) is 11.7. The number of hydrogen-bond acceptors (Lipinski definition) is 5. The van der Waals surface area contributed by atoms with Crippen molar-refractivity contribution in [3.8, 4) is 17.1 Å². The first-order valence-corrected chi connectivity index (χ1v) is 6.55. The largest absolute Gasteiger partial charge is 0.507 e. The van der Waals surface area contributed by atoms with Gasteiger partial charge in [0.05, 0.1) is 23.6 Å². The van der Waals surface area contributed by atoms with Crippen LogP contribution in [0.15, 0.2) is 57.7 Å². The summed E-state index contributed by atoms with van der Waals surface area (Å²) in [6, 6.07) is 12.3. The molecule has 22 heavy (non-hydrogen) atoms. The van der Waals surface area contributed by atoms with Crippen molar-refractivity contribution in [1.29, 1.82) is 0 Å². The molecule has 1 N–H and O–H groups in total. The first-order chi connectivity index (χ1) is 10.6. The van der Waals surface area contributed by atoms with Crippen molar-refractivity contribution >= 4 is 16.9 Å². The van der Waals surface area contributed by atoms with E-state index in [0.717, 1.165) is 0 Å². The van der Waals surface area contributed by atoms with Crippen LogP contribution in [0, 0.1) is 0 Å². The van der Waals surface area contributed by atoms with Crippen LogP contribution in [-0.2, 0) is 4.74 Å². The second-order valence-corrected chi connectivity index (χ2v) is 4.69. The number of phenolic OH excluding ortho intramolecular Hbond substituents is 1. The highest BCUT2D eigenvalue weighted by atomic mass is 16.5. The number of aromatic hydroxyl groups is 1. The molecule has 3 rings (SSSR count). The van der Waals surface area contributed by atoms with Gasteiger partial charge >= 0.3 is 5.97 Å². The highest BCUT2D eigenvalue weighted by Gasteiger charge is 2.12. The Morgan fingerprint density at radius 2 is 1.91 bits per heavy atom. The molecular formula is C17H12O5. The van der Waals surface area contributed by atoms with Crippen molar-refractivity contribution < 1.29 is 19.1 Å². The molecule has 5 heteroatoms. The molecule has 0 saturated heterocycles. The molecule has 0 amide bonds. The first kappa shape index (κ1) is 13.9. The van der Waals surface area contributed by atoms with Gasteiger partial charge in [-0.3, -0.25) is 4.79 Å². The van der Waals surface area contributed by atoms with Crippen LogP contribution in [0.4, 0.5) is 0 Å². The average molecular weight is 296 g/mol. The van der Waals surface area contributed by atoms with Gasteiger partial charge < -0.3 is 14.3 Å². The van der Waals surface area contributed by atoms with Gasteiger partial charge in [0.25, 0.3) is 0 Å². The predicted molar refractivity (Wildman–Crippen MR) is 80.9 cm³/mol. The van der Waals surface area contributed by atoms with E-state index in [1.54, 1.807) is 18.2 Å². The molecule has 0 aliphatic rings. The summed E-state index contributed by atoms with van der Waals surface area (Å²) in [5.41, 5.74) is 0.696. The zero-order valence-electron chi connectivity index (χ0n) is 11.7. The number of carbonyl (C=O) groups excluding carboxylic acids is 1. The zero-order chi connectivity index (χ0) is 15.7. The van der Waals surface area contributed by atoms with Gasteiger partial charge in [-0.05, 0) is 30.3 Å². The topological polar surface area (TPSA) is 76.7 Å². The molecule has 0 atom stereocenters. The minimum atomic E-state index is -0.516. The third kappa shape index (κ3) is 2.33. The molecule has 0 spiro atoms. The number of rotatable bonds is 2. The number of benzene rings is 2. The summed E-state index contributed by atoms with van der Waals surface area (Å²) in [5, 5.41) is 10.2. The van der Waals surface area contributed by atoms with E-state index >= 15 is 0 Å². The minimum absolute atomic E-state index is 0.00845. The Balaban J connectivity index is 2.24. The highest BCUT2D eigenvalue weighted by Crippen LogP contribution is 2.29. The third-order valence-electron chi connectivity index (χ3n) is 3.32. The van der Waals surface area contributed by atoms with Crippen LogP contribution < -0.4 is 5.43 Å². The number of phenols is 1. The minimum Gasteiger partial charge on any atom is -0.507 e. The molecule has 1 heterocycles. The number of para-hydroxylation sites is 1. The molecule has 0 radical (unpaired) electrons. The number of ether oxygens (including phenoxy) is 1. The van der Waals surface area contributed by atoms with Crippen LogP contribution in [0.25, 0.3) is 22.3 Å². The van der Waals surface area contributed by atoms with E-state index in [1.807, 2.05) is 0 Å². The maximum absolute atomic E-state index is 12.2. The summed E-state index contributed by atoms with van der Waals surface area (Å²) in [7, 11) is 1.28. The van der Waals surface area contributed by atoms with Crippen LogP contribution in [-0.4, -0.2) is 18.2 Å². The average Bonchev–Trinajstić information content (AvgIpc) is 2.54. The van der Waals surface area contributed by atoms with Gasteiger partial charge in [0.15, 0.2) is 5.43 Å². The number of methoxy groups -OCH3 is 1. The molecule has 0 bridgehead atoms. The van der Waals surface area contributed by atoms with E-state index in [0.29, 0.717) is 10.9 Å². The van der Waals surface area contributed by atoms with Gasteiger partial charge in [-0.2, -0.15) is 0 Å². The molecule has 3 aromatic rings. The van der Waals surface area contributed by atoms with Gasteiger partial charge in [0, 0.05) is 6.07 Å². The second kappa shape index (κ2) is 5.37. The fourth-order valence-electron chi connectivity index (χ4n) is 2.21. The lowest BCUT2D eigenvalue weighted by Crippen LogP contribution is -2.04. The quantitative estimate of drug-likeness (QED) is 0.736. The van der Waals surface area contributed by atoms with Gasteiger partial charge in [0.1, 0.15) is 17.1 Å². The highest BCUT2D eigenvalue weighted by molar-refractivity contribution is 5.94. The second-order valence-electron chi connectivity index (χ2n) is 4.69. The Morgan fingerprint density at radius 1 is 1.14 bits per heavy atom. The lowest BCUT2D eigenvalue weighted by atomic mass is 10.1. The number of carbonyl (C=O) groups is 1. The van der Waals surface area contributed by atoms with Crippen molar-refractivity contribution in [1.82, 2.24) is 0 Å². The summed E-state index contributed by atoms with van der Waals surface area (Å²) in [6.45, 7) is 0. The van der Waals surface area contributed by atoms with E-state index in [4.69, 9.17) is 4.42 Å². The monoisotopic (exact) mass is 296 g/mol. The lowest BCUT2D eigenvalue weighted by molar-refractivity contribution is 0.0600. The maximum Gasteiger partial charge on any atom is 0.337 e. The van der Waals surface area contributed by atoms with Crippen LogP contribution in [0.5, 0.6) is 5.75 Å². The van der Waals surface area contributed by atoms with Crippen LogP contribution in [0.2, 0.25) is 0 Å². The predicted octanol–water partition coefficient (Wildman–Crippen LogP) is 2.95. The number of fused-ring (bicyclic) bond motifs is 1. The number of hydrogen-bond donors (Lipinski definition) is 1. The summed E-state index contributed by atoms with van der Waals surface area (Å²) in [6.07, 6.45) is 0. The van der Waals surface area contributed by atoms with Crippen molar-refractivity contribution in [3.63, 3.8) is 0 Å². The molecule has 0 fully saturated rings. The summed E-state index contributed by atoms with van der Waals surface area (Å²) >= 11 is 0. The Labute approximate surface area is 125 Å². The van der Waals surface area contributed by atoms with E-state index in [1.165, 1.54) is 37.4 Å². The molecule has 110 valence electrons. The fourth-order valence-corrected chi connectivity index (χ4v) is 2.21. The molecule has 5 nitrogen and oxygen atoms in total. The van der Waals surface area contributed by atoms with E-state index in [-0.39, 0.29) is 28.1 Å². The van der Waals surface area contributed by atoms with Gasteiger partial charge in [-0.1, -0.05) is 12.1 Å². The van der Waals surface area contributed by atoms with Crippen molar-refractivity contribution in [2.75, 3.05) is 7.11 Å². The number of esters is 1. The Morgan fingerprint density at radius 3 is 2.64 bits per heavy atom.